The van der Waals surface area contributed by atoms with Crippen molar-refractivity contribution in [1.29, 1.82) is 0 Å². The van der Waals surface area contributed by atoms with E-state index in [1.54, 1.807) is 42.7 Å². The zero-order valence-electron chi connectivity index (χ0n) is 10.8. The zero-order valence-corrected chi connectivity index (χ0v) is 11.6. The Morgan fingerprint density at radius 2 is 2.00 bits per heavy atom. The number of anilines is 2. The molecule has 108 valence electrons. The molecule has 1 aromatic heterocycles. The van der Waals surface area contributed by atoms with Gasteiger partial charge in [0.05, 0.1) is 5.69 Å². The SMILES string of the molecule is Cl.O=C1COc2ccc(NC(=O)c3ccncc3)cc2N1. The number of fused-ring (bicyclic) bond motifs is 1. The molecule has 7 heteroatoms. The lowest BCUT2D eigenvalue weighted by atomic mass is 10.2. The normalized spacial score (nSPS) is 12.3. The Hall–Kier alpha value is -2.60. The number of nitrogens with zero attached hydrogens (tertiary/aromatic N) is 1. The second kappa shape index (κ2) is 6.23. The van der Waals surface area contributed by atoms with E-state index in [1.165, 1.54) is 0 Å². The number of amides is 2. The van der Waals surface area contributed by atoms with Gasteiger partial charge in [0, 0.05) is 23.6 Å². The van der Waals surface area contributed by atoms with E-state index in [-0.39, 0.29) is 30.8 Å². The molecule has 0 saturated heterocycles. The van der Waals surface area contributed by atoms with E-state index in [2.05, 4.69) is 15.6 Å². The summed E-state index contributed by atoms with van der Waals surface area (Å²) in [5, 5.41) is 5.44. The van der Waals surface area contributed by atoms with Crippen molar-refractivity contribution in [2.45, 2.75) is 0 Å². The highest BCUT2D eigenvalue weighted by atomic mass is 35.5. The quantitative estimate of drug-likeness (QED) is 0.890. The van der Waals surface area contributed by atoms with Crippen LogP contribution in [0.25, 0.3) is 0 Å². The standard InChI is InChI=1S/C14H11N3O3.ClH/c18-13-8-20-12-2-1-10(7-11(12)17-13)16-14(19)9-3-5-15-6-4-9;/h1-7H,8H2,(H,16,19)(H,17,18);1H. The molecule has 0 atom stereocenters. The summed E-state index contributed by atoms with van der Waals surface area (Å²) < 4.78 is 5.25. The number of carbonyl (C=O) groups excluding carboxylic acids is 2. The summed E-state index contributed by atoms with van der Waals surface area (Å²) in [5.41, 5.74) is 1.64. The van der Waals surface area contributed by atoms with Gasteiger partial charge >= 0.3 is 0 Å². The molecular weight excluding hydrogens is 294 g/mol. The van der Waals surface area contributed by atoms with Crippen LogP contribution in [0.1, 0.15) is 10.4 Å². The molecule has 1 aliphatic heterocycles. The van der Waals surface area contributed by atoms with Crippen LogP contribution in [0, 0.1) is 0 Å². The van der Waals surface area contributed by atoms with E-state index in [1.807, 2.05) is 0 Å². The minimum absolute atomic E-state index is 0. The van der Waals surface area contributed by atoms with Gasteiger partial charge in [0.2, 0.25) is 0 Å². The van der Waals surface area contributed by atoms with Crippen molar-refractivity contribution in [3.63, 3.8) is 0 Å². The fraction of sp³-hybridized carbons (Fsp3) is 0.0714. The lowest BCUT2D eigenvalue weighted by Gasteiger charge is -2.18. The third-order valence-corrected chi connectivity index (χ3v) is 2.81. The lowest BCUT2D eigenvalue weighted by molar-refractivity contribution is -0.118. The van der Waals surface area contributed by atoms with Crippen molar-refractivity contribution in [1.82, 2.24) is 4.98 Å². The number of nitrogens with one attached hydrogen (secondary N) is 2. The van der Waals surface area contributed by atoms with Gasteiger partial charge in [-0.15, -0.1) is 12.4 Å². The summed E-state index contributed by atoms with van der Waals surface area (Å²) in [7, 11) is 0. The van der Waals surface area contributed by atoms with Crippen LogP contribution in [0.4, 0.5) is 11.4 Å². The van der Waals surface area contributed by atoms with E-state index < -0.39 is 0 Å². The van der Waals surface area contributed by atoms with Crippen molar-refractivity contribution in [3.8, 4) is 5.75 Å². The maximum Gasteiger partial charge on any atom is 0.262 e. The molecule has 0 fully saturated rings. The first-order valence-electron chi connectivity index (χ1n) is 6.00. The van der Waals surface area contributed by atoms with Gasteiger partial charge in [-0.3, -0.25) is 14.6 Å². The van der Waals surface area contributed by atoms with Crippen LogP contribution in [-0.4, -0.2) is 23.4 Å². The molecule has 0 spiro atoms. The monoisotopic (exact) mass is 305 g/mol. The van der Waals surface area contributed by atoms with E-state index in [0.29, 0.717) is 22.7 Å². The van der Waals surface area contributed by atoms with Gasteiger partial charge in [0.25, 0.3) is 11.8 Å². The van der Waals surface area contributed by atoms with Crippen molar-refractivity contribution in [2.75, 3.05) is 17.2 Å². The van der Waals surface area contributed by atoms with E-state index in [0.717, 1.165) is 0 Å². The molecule has 0 bridgehead atoms. The Morgan fingerprint density at radius 3 is 2.76 bits per heavy atom. The average molecular weight is 306 g/mol. The molecule has 0 unspecified atom stereocenters. The fourth-order valence-electron chi connectivity index (χ4n) is 1.87. The largest absolute Gasteiger partial charge is 0.482 e. The van der Waals surface area contributed by atoms with Crippen LogP contribution >= 0.6 is 12.4 Å². The first kappa shape index (κ1) is 14.8. The predicted octanol–water partition coefficient (Wildman–Crippen LogP) is 2.09. The summed E-state index contributed by atoms with van der Waals surface area (Å²) >= 11 is 0. The second-order valence-electron chi connectivity index (χ2n) is 4.24. The third kappa shape index (κ3) is 3.29. The molecule has 0 radical (unpaired) electrons. The third-order valence-electron chi connectivity index (χ3n) is 2.81. The summed E-state index contributed by atoms with van der Waals surface area (Å²) in [6, 6.07) is 8.33. The zero-order chi connectivity index (χ0) is 13.9. The number of aromatic nitrogens is 1. The molecule has 2 N–H and O–H groups in total. The van der Waals surface area contributed by atoms with Gasteiger partial charge in [-0.2, -0.15) is 0 Å². The molecule has 1 aliphatic rings. The number of carbonyl (C=O) groups is 2. The minimum Gasteiger partial charge on any atom is -0.482 e. The molecule has 6 nitrogen and oxygen atoms in total. The molecule has 0 saturated carbocycles. The van der Waals surface area contributed by atoms with Crippen LogP contribution in [0.5, 0.6) is 5.75 Å². The minimum atomic E-state index is -0.240. The van der Waals surface area contributed by atoms with Crippen LogP contribution in [0.2, 0.25) is 0 Å². The number of rotatable bonds is 2. The highest BCUT2D eigenvalue weighted by Gasteiger charge is 2.16. The van der Waals surface area contributed by atoms with Gasteiger partial charge in [0.1, 0.15) is 5.75 Å². The number of hydrogen-bond donors (Lipinski definition) is 2. The van der Waals surface area contributed by atoms with Crippen molar-refractivity contribution < 1.29 is 14.3 Å². The van der Waals surface area contributed by atoms with E-state index in [9.17, 15) is 9.59 Å². The van der Waals surface area contributed by atoms with Gasteiger partial charge < -0.3 is 15.4 Å². The maximum atomic E-state index is 12.0. The molecule has 2 amide bonds. The number of halogens is 1. The predicted molar refractivity (Wildman–Crippen MR) is 80.0 cm³/mol. The molecule has 2 aromatic rings. The Kier molecular flexibility index (Phi) is 4.39. The number of hydrogen-bond acceptors (Lipinski definition) is 4. The molecule has 1 aromatic carbocycles. The van der Waals surface area contributed by atoms with Crippen LogP contribution < -0.4 is 15.4 Å². The smallest absolute Gasteiger partial charge is 0.262 e. The first-order chi connectivity index (χ1) is 9.72. The van der Waals surface area contributed by atoms with Gasteiger partial charge in [-0.25, -0.2) is 0 Å². The van der Waals surface area contributed by atoms with Crippen molar-refractivity contribution >= 4 is 35.6 Å². The van der Waals surface area contributed by atoms with Crippen LogP contribution in [-0.2, 0) is 4.79 Å². The van der Waals surface area contributed by atoms with Crippen LogP contribution in [0.15, 0.2) is 42.7 Å². The fourth-order valence-corrected chi connectivity index (χ4v) is 1.87. The van der Waals surface area contributed by atoms with Crippen molar-refractivity contribution in [3.05, 3.63) is 48.3 Å². The van der Waals surface area contributed by atoms with Gasteiger partial charge in [0.15, 0.2) is 6.61 Å². The van der Waals surface area contributed by atoms with Gasteiger partial charge in [-0.05, 0) is 30.3 Å². The second-order valence-corrected chi connectivity index (χ2v) is 4.24. The van der Waals surface area contributed by atoms with E-state index in [4.69, 9.17) is 4.74 Å². The summed E-state index contributed by atoms with van der Waals surface area (Å²) in [6.45, 7) is 0.00964. The molecule has 21 heavy (non-hydrogen) atoms. The Balaban J connectivity index is 0.00000161. The maximum absolute atomic E-state index is 12.0. The lowest BCUT2D eigenvalue weighted by Crippen LogP contribution is -2.25. The highest BCUT2D eigenvalue weighted by molar-refractivity contribution is 6.05. The van der Waals surface area contributed by atoms with Crippen LogP contribution in [0.3, 0.4) is 0 Å². The van der Waals surface area contributed by atoms with E-state index >= 15 is 0 Å². The molecule has 2 heterocycles. The first-order valence-corrected chi connectivity index (χ1v) is 6.00. The topological polar surface area (TPSA) is 80.3 Å². The average Bonchev–Trinajstić information content (AvgIpc) is 2.47. The summed E-state index contributed by atoms with van der Waals surface area (Å²) in [6.07, 6.45) is 3.10. The molecule has 3 rings (SSSR count). The Morgan fingerprint density at radius 1 is 1.24 bits per heavy atom. The Labute approximate surface area is 126 Å². The Bertz CT molecular complexity index is 676. The number of benzene rings is 1. The molecular formula is C14H12ClN3O3. The highest BCUT2D eigenvalue weighted by Crippen LogP contribution is 2.30. The van der Waals surface area contributed by atoms with Crippen molar-refractivity contribution in [2.24, 2.45) is 0 Å². The molecule has 0 aliphatic carbocycles. The summed E-state index contributed by atoms with van der Waals surface area (Å²) in [5.74, 6) is 0.136. The van der Waals surface area contributed by atoms with Gasteiger partial charge in [-0.1, -0.05) is 0 Å². The number of pyridine rings is 1. The number of ether oxygens (including phenoxy) is 1. The summed E-state index contributed by atoms with van der Waals surface area (Å²) in [4.78, 5) is 27.1.